The summed E-state index contributed by atoms with van der Waals surface area (Å²) in [5.74, 6) is -0.701. The van der Waals surface area contributed by atoms with Crippen molar-refractivity contribution in [3.05, 3.63) is 71.8 Å². The molecule has 2 aliphatic heterocycles. The first-order valence-electron chi connectivity index (χ1n) is 11.6. The van der Waals surface area contributed by atoms with Crippen LogP contribution in [0.2, 0.25) is 0 Å². The third-order valence-corrected chi connectivity index (χ3v) is 6.54. The number of hydrogen-bond donors (Lipinski definition) is 0. The van der Waals surface area contributed by atoms with Crippen LogP contribution in [0.3, 0.4) is 0 Å². The molecule has 2 aromatic rings. The summed E-state index contributed by atoms with van der Waals surface area (Å²) in [4.78, 5) is 28.5. The molecule has 32 heavy (non-hydrogen) atoms. The van der Waals surface area contributed by atoms with Crippen LogP contribution in [0.5, 0.6) is 0 Å². The van der Waals surface area contributed by atoms with Gasteiger partial charge >= 0.3 is 5.97 Å². The fourth-order valence-electron chi connectivity index (χ4n) is 5.27. The zero-order chi connectivity index (χ0) is 22.9. The third-order valence-electron chi connectivity index (χ3n) is 6.54. The normalized spacial score (nSPS) is 27.8. The molecule has 170 valence electrons. The maximum Gasteiger partial charge on any atom is 0.307 e. The average Bonchev–Trinajstić information content (AvgIpc) is 3.18. The molecule has 0 N–H and O–H groups in total. The van der Waals surface area contributed by atoms with Crippen molar-refractivity contribution < 1.29 is 19.1 Å². The lowest BCUT2D eigenvalue weighted by Gasteiger charge is -2.50. The van der Waals surface area contributed by atoms with E-state index in [9.17, 15) is 9.59 Å². The van der Waals surface area contributed by atoms with Crippen molar-refractivity contribution in [3.63, 3.8) is 0 Å². The van der Waals surface area contributed by atoms with Crippen LogP contribution in [0.25, 0.3) is 0 Å². The summed E-state index contributed by atoms with van der Waals surface area (Å²) in [5, 5.41) is 0. The van der Waals surface area contributed by atoms with Gasteiger partial charge in [0.05, 0.1) is 19.1 Å². The van der Waals surface area contributed by atoms with Crippen molar-refractivity contribution >= 4 is 11.9 Å². The van der Waals surface area contributed by atoms with Gasteiger partial charge in [-0.25, -0.2) is 0 Å². The minimum absolute atomic E-state index is 0.0317. The molecule has 0 saturated carbocycles. The Kier molecular flexibility index (Phi) is 6.13. The van der Waals surface area contributed by atoms with E-state index >= 15 is 0 Å². The molecule has 5 nitrogen and oxygen atoms in total. The monoisotopic (exact) mass is 435 g/mol. The standard InChI is InChI=1S/C27H33NO4/c1-5-21-16-20(17-24(29)32-26(2,3)4)25(30)28-23(19-12-8-6-9-13-19)18-31-27(21,28)22-14-10-7-11-15-22/h6-15,20-21,23H,5,16-18H2,1-4H3/t20-,21+,23+,27-/m1/s1. The van der Waals surface area contributed by atoms with Crippen LogP contribution in [0.1, 0.15) is 64.1 Å². The summed E-state index contributed by atoms with van der Waals surface area (Å²) in [6.45, 7) is 8.11. The van der Waals surface area contributed by atoms with E-state index in [0.717, 1.165) is 17.5 Å². The lowest BCUT2D eigenvalue weighted by atomic mass is 9.74. The molecule has 0 bridgehead atoms. The summed E-state index contributed by atoms with van der Waals surface area (Å²) in [7, 11) is 0. The Morgan fingerprint density at radius 3 is 2.31 bits per heavy atom. The van der Waals surface area contributed by atoms with Crippen molar-refractivity contribution in [1.29, 1.82) is 0 Å². The van der Waals surface area contributed by atoms with Crippen LogP contribution in [0.15, 0.2) is 60.7 Å². The molecule has 2 heterocycles. The van der Waals surface area contributed by atoms with E-state index in [1.807, 2.05) is 86.3 Å². The fraction of sp³-hybridized carbons (Fsp3) is 0.481. The predicted octanol–water partition coefficient (Wildman–Crippen LogP) is 5.22. The minimum atomic E-state index is -0.821. The van der Waals surface area contributed by atoms with Crippen molar-refractivity contribution in [2.24, 2.45) is 11.8 Å². The summed E-state index contributed by atoms with van der Waals surface area (Å²) in [6.07, 6.45) is 1.53. The zero-order valence-corrected chi connectivity index (χ0v) is 19.4. The average molecular weight is 436 g/mol. The van der Waals surface area contributed by atoms with Gasteiger partial charge in [0.25, 0.3) is 0 Å². The van der Waals surface area contributed by atoms with Crippen molar-refractivity contribution in [1.82, 2.24) is 4.90 Å². The number of carbonyl (C=O) groups is 2. The molecule has 2 aromatic carbocycles. The smallest absolute Gasteiger partial charge is 0.307 e. The number of hydrogen-bond acceptors (Lipinski definition) is 4. The summed E-state index contributed by atoms with van der Waals surface area (Å²) < 4.78 is 12.1. The van der Waals surface area contributed by atoms with Gasteiger partial charge in [0, 0.05) is 17.4 Å². The van der Waals surface area contributed by atoms with E-state index in [1.165, 1.54) is 0 Å². The van der Waals surface area contributed by atoms with Gasteiger partial charge in [-0.3, -0.25) is 9.59 Å². The first-order chi connectivity index (χ1) is 15.3. The first kappa shape index (κ1) is 22.5. The Morgan fingerprint density at radius 2 is 1.72 bits per heavy atom. The van der Waals surface area contributed by atoms with E-state index in [1.54, 1.807) is 0 Å². The zero-order valence-electron chi connectivity index (χ0n) is 19.4. The Hall–Kier alpha value is -2.66. The Morgan fingerprint density at radius 1 is 1.09 bits per heavy atom. The van der Waals surface area contributed by atoms with Crippen molar-refractivity contribution in [3.8, 4) is 0 Å². The second kappa shape index (κ2) is 8.70. The van der Waals surface area contributed by atoms with E-state index < -0.39 is 17.2 Å². The summed E-state index contributed by atoms with van der Waals surface area (Å²) >= 11 is 0. The highest BCUT2D eigenvalue weighted by Crippen LogP contribution is 2.54. The van der Waals surface area contributed by atoms with Gasteiger partial charge in [-0.15, -0.1) is 0 Å². The van der Waals surface area contributed by atoms with Gasteiger partial charge in [-0.1, -0.05) is 67.6 Å². The topological polar surface area (TPSA) is 55.8 Å². The largest absolute Gasteiger partial charge is 0.460 e. The van der Waals surface area contributed by atoms with E-state index in [2.05, 4.69) is 6.92 Å². The molecule has 0 spiro atoms. The van der Waals surface area contributed by atoms with Crippen LogP contribution in [-0.2, 0) is 24.8 Å². The van der Waals surface area contributed by atoms with Gasteiger partial charge in [0.15, 0.2) is 5.72 Å². The van der Waals surface area contributed by atoms with Gasteiger partial charge in [-0.2, -0.15) is 0 Å². The Balaban J connectivity index is 1.75. The minimum Gasteiger partial charge on any atom is -0.460 e. The molecule has 2 fully saturated rings. The predicted molar refractivity (Wildman–Crippen MR) is 122 cm³/mol. The van der Waals surface area contributed by atoms with Gasteiger partial charge < -0.3 is 14.4 Å². The van der Waals surface area contributed by atoms with E-state index in [0.29, 0.717) is 13.0 Å². The summed E-state index contributed by atoms with van der Waals surface area (Å²) in [6, 6.07) is 19.9. The van der Waals surface area contributed by atoms with Gasteiger partial charge in [0.2, 0.25) is 5.91 Å². The number of benzene rings is 2. The number of nitrogens with zero attached hydrogens (tertiary/aromatic N) is 1. The number of piperidine rings is 1. The number of fused-ring (bicyclic) bond motifs is 1. The Bertz CT molecular complexity index is 953. The van der Waals surface area contributed by atoms with E-state index in [-0.39, 0.29) is 30.3 Å². The lowest BCUT2D eigenvalue weighted by molar-refractivity contribution is -0.192. The molecule has 0 radical (unpaired) electrons. The molecule has 5 heteroatoms. The molecule has 0 unspecified atom stereocenters. The molecular formula is C27H33NO4. The number of rotatable bonds is 5. The van der Waals surface area contributed by atoms with Gasteiger partial charge in [-0.05, 0) is 39.2 Å². The third kappa shape index (κ3) is 4.06. The maximum atomic E-state index is 14.0. The number of carbonyl (C=O) groups excluding carboxylic acids is 2. The Labute approximate surface area is 190 Å². The van der Waals surface area contributed by atoms with Crippen LogP contribution in [-0.4, -0.2) is 29.0 Å². The molecule has 1 amide bonds. The highest BCUT2D eigenvalue weighted by Gasteiger charge is 2.60. The number of esters is 1. The number of amides is 1. The van der Waals surface area contributed by atoms with Crippen molar-refractivity contribution in [2.45, 2.75) is 64.3 Å². The van der Waals surface area contributed by atoms with Gasteiger partial charge in [0.1, 0.15) is 5.60 Å². The number of ether oxygens (including phenoxy) is 2. The molecule has 4 rings (SSSR count). The van der Waals surface area contributed by atoms with Crippen LogP contribution in [0, 0.1) is 11.8 Å². The highest BCUT2D eigenvalue weighted by atomic mass is 16.6. The fourth-order valence-corrected chi connectivity index (χ4v) is 5.27. The lowest BCUT2D eigenvalue weighted by Crippen LogP contribution is -2.58. The van der Waals surface area contributed by atoms with E-state index in [4.69, 9.17) is 9.47 Å². The van der Waals surface area contributed by atoms with Crippen LogP contribution >= 0.6 is 0 Å². The molecule has 2 saturated heterocycles. The maximum absolute atomic E-state index is 14.0. The van der Waals surface area contributed by atoms with Crippen LogP contribution < -0.4 is 0 Å². The highest BCUT2D eigenvalue weighted by molar-refractivity contribution is 5.86. The van der Waals surface area contributed by atoms with Crippen molar-refractivity contribution in [2.75, 3.05) is 6.61 Å². The second-order valence-corrected chi connectivity index (χ2v) is 9.84. The summed E-state index contributed by atoms with van der Waals surface area (Å²) in [5.41, 5.74) is 0.648. The quantitative estimate of drug-likeness (QED) is 0.605. The molecule has 2 aliphatic rings. The molecule has 4 atom stereocenters. The SMILES string of the molecule is CC[C@H]1C[C@H](CC(=O)OC(C)(C)C)C(=O)N2[C@H](c3ccccc3)CO[C@@]12c1ccccc1. The molecular weight excluding hydrogens is 402 g/mol. The molecule has 0 aliphatic carbocycles. The van der Waals surface area contributed by atoms with Crippen LogP contribution in [0.4, 0.5) is 0 Å². The molecule has 0 aromatic heterocycles. The second-order valence-electron chi connectivity index (χ2n) is 9.84. The first-order valence-corrected chi connectivity index (χ1v) is 11.6.